The van der Waals surface area contributed by atoms with Crippen LogP contribution >= 0.6 is 23.2 Å². The number of benzene rings is 3. The second-order valence-electron chi connectivity index (χ2n) is 8.03. The first-order valence-corrected chi connectivity index (χ1v) is 12.9. The van der Waals surface area contributed by atoms with Crippen molar-refractivity contribution in [1.29, 1.82) is 0 Å². The minimum absolute atomic E-state index is 0.0537. The third-order valence-corrected chi connectivity index (χ3v) is 8.16. The molecule has 172 valence electrons. The highest BCUT2D eigenvalue weighted by molar-refractivity contribution is 7.89. The minimum Gasteiger partial charge on any atom is -0.348 e. The predicted octanol–water partition coefficient (Wildman–Crippen LogP) is 5.38. The number of hydrogen-bond donors (Lipinski definition) is 1. The maximum Gasteiger partial charge on any atom is 0.243 e. The molecular formula is C25H24Cl2N2O3S. The van der Waals surface area contributed by atoms with Crippen molar-refractivity contribution in [3.63, 3.8) is 0 Å². The molecule has 1 atom stereocenters. The van der Waals surface area contributed by atoms with Gasteiger partial charge in [-0.1, -0.05) is 71.7 Å². The molecule has 1 N–H and O–H groups in total. The lowest BCUT2D eigenvalue weighted by Gasteiger charge is -2.28. The molecule has 4 rings (SSSR count). The SMILES string of the molecule is O=C(CN(Cc1ccc(Cl)cc1Cl)S(=O)(=O)c1ccccc1)NC1CCCc2ccccc21. The van der Waals surface area contributed by atoms with Gasteiger partial charge in [-0.05, 0) is 60.2 Å². The number of nitrogens with one attached hydrogen (secondary N) is 1. The summed E-state index contributed by atoms with van der Waals surface area (Å²) < 4.78 is 28.0. The van der Waals surface area contributed by atoms with Crippen LogP contribution in [0.4, 0.5) is 0 Å². The summed E-state index contributed by atoms with van der Waals surface area (Å²) in [7, 11) is -3.94. The zero-order chi connectivity index (χ0) is 23.4. The van der Waals surface area contributed by atoms with E-state index in [1.54, 1.807) is 36.4 Å². The van der Waals surface area contributed by atoms with Gasteiger partial charge in [0.1, 0.15) is 0 Å². The Balaban J connectivity index is 1.59. The lowest BCUT2D eigenvalue weighted by atomic mass is 9.88. The van der Waals surface area contributed by atoms with Crippen molar-refractivity contribution < 1.29 is 13.2 Å². The number of fused-ring (bicyclic) bond motifs is 1. The van der Waals surface area contributed by atoms with Crippen LogP contribution in [-0.2, 0) is 27.8 Å². The Kier molecular flexibility index (Phi) is 7.39. The standard InChI is InChI=1S/C25H24Cl2N2O3S/c26-20-14-13-19(23(27)15-20)16-29(33(31,32)21-9-2-1-3-10-21)17-25(30)28-24-12-6-8-18-7-4-5-11-22(18)24/h1-5,7,9-11,13-15,24H,6,8,12,16-17H2,(H,28,30). The summed E-state index contributed by atoms with van der Waals surface area (Å²) in [6.07, 6.45) is 2.76. The monoisotopic (exact) mass is 502 g/mol. The maximum atomic E-state index is 13.4. The van der Waals surface area contributed by atoms with Gasteiger partial charge in [0.05, 0.1) is 17.5 Å². The smallest absolute Gasteiger partial charge is 0.243 e. The predicted molar refractivity (Wildman–Crippen MR) is 131 cm³/mol. The number of aryl methyl sites for hydroxylation is 1. The molecule has 0 bridgehead atoms. The molecule has 0 aliphatic heterocycles. The summed E-state index contributed by atoms with van der Waals surface area (Å²) in [6, 6.07) is 20.9. The van der Waals surface area contributed by atoms with E-state index in [1.165, 1.54) is 17.7 Å². The summed E-state index contributed by atoms with van der Waals surface area (Å²) in [6.45, 7) is -0.378. The minimum atomic E-state index is -3.94. The van der Waals surface area contributed by atoms with Gasteiger partial charge < -0.3 is 5.32 Å². The second kappa shape index (κ2) is 10.3. The van der Waals surface area contributed by atoms with Gasteiger partial charge in [-0.2, -0.15) is 4.31 Å². The molecule has 8 heteroatoms. The van der Waals surface area contributed by atoms with Crippen LogP contribution in [-0.4, -0.2) is 25.2 Å². The van der Waals surface area contributed by atoms with Gasteiger partial charge in [0, 0.05) is 16.6 Å². The summed E-state index contributed by atoms with van der Waals surface area (Å²) >= 11 is 12.3. The Labute approximate surface area is 204 Å². The number of rotatable bonds is 7. The van der Waals surface area contributed by atoms with E-state index >= 15 is 0 Å². The van der Waals surface area contributed by atoms with Crippen LogP contribution in [0.15, 0.2) is 77.7 Å². The zero-order valence-corrected chi connectivity index (χ0v) is 20.2. The largest absolute Gasteiger partial charge is 0.348 e. The molecule has 0 aromatic heterocycles. The molecule has 1 aliphatic carbocycles. The molecule has 0 fully saturated rings. The van der Waals surface area contributed by atoms with Gasteiger partial charge in [-0.25, -0.2) is 8.42 Å². The third kappa shape index (κ3) is 5.58. The van der Waals surface area contributed by atoms with E-state index in [9.17, 15) is 13.2 Å². The summed E-state index contributed by atoms with van der Waals surface area (Å²) in [5.41, 5.74) is 2.88. The van der Waals surface area contributed by atoms with Crippen LogP contribution in [0.5, 0.6) is 0 Å². The van der Waals surface area contributed by atoms with Crippen LogP contribution in [0, 0.1) is 0 Å². The molecule has 0 saturated heterocycles. The number of carbonyl (C=O) groups excluding carboxylic acids is 1. The number of hydrogen-bond acceptors (Lipinski definition) is 3. The number of carbonyl (C=O) groups is 1. The molecule has 5 nitrogen and oxygen atoms in total. The Morgan fingerprint density at radius 2 is 1.73 bits per heavy atom. The van der Waals surface area contributed by atoms with Crippen molar-refractivity contribution in [2.75, 3.05) is 6.54 Å². The Morgan fingerprint density at radius 3 is 2.48 bits per heavy atom. The van der Waals surface area contributed by atoms with E-state index in [4.69, 9.17) is 23.2 Å². The molecule has 3 aromatic carbocycles. The fraction of sp³-hybridized carbons (Fsp3) is 0.240. The van der Waals surface area contributed by atoms with E-state index in [-0.39, 0.29) is 29.9 Å². The maximum absolute atomic E-state index is 13.4. The van der Waals surface area contributed by atoms with Gasteiger partial charge in [0.15, 0.2) is 0 Å². The summed E-state index contributed by atoms with van der Waals surface area (Å²) in [5.74, 6) is -0.360. The van der Waals surface area contributed by atoms with Crippen molar-refractivity contribution in [2.45, 2.75) is 36.7 Å². The lowest BCUT2D eigenvalue weighted by molar-refractivity contribution is -0.122. The molecule has 0 saturated carbocycles. The van der Waals surface area contributed by atoms with Crippen molar-refractivity contribution in [3.8, 4) is 0 Å². The fourth-order valence-electron chi connectivity index (χ4n) is 4.11. The number of nitrogens with zero attached hydrogens (tertiary/aromatic N) is 1. The van der Waals surface area contributed by atoms with Crippen molar-refractivity contribution in [1.82, 2.24) is 9.62 Å². The van der Waals surface area contributed by atoms with Gasteiger partial charge in [-0.15, -0.1) is 0 Å². The van der Waals surface area contributed by atoms with Crippen LogP contribution in [0.25, 0.3) is 0 Å². The highest BCUT2D eigenvalue weighted by Crippen LogP contribution is 2.30. The van der Waals surface area contributed by atoms with Gasteiger partial charge in [0.25, 0.3) is 0 Å². The lowest BCUT2D eigenvalue weighted by Crippen LogP contribution is -2.42. The topological polar surface area (TPSA) is 66.5 Å². The number of sulfonamides is 1. The van der Waals surface area contributed by atoms with Gasteiger partial charge >= 0.3 is 0 Å². The average molecular weight is 503 g/mol. The van der Waals surface area contributed by atoms with Crippen LogP contribution in [0.3, 0.4) is 0 Å². The van der Waals surface area contributed by atoms with E-state index in [1.807, 2.05) is 18.2 Å². The molecule has 1 amide bonds. The molecule has 1 aliphatic rings. The Hall–Kier alpha value is -2.38. The first kappa shape index (κ1) is 23.8. The van der Waals surface area contributed by atoms with Gasteiger partial charge in [-0.3, -0.25) is 4.79 Å². The van der Waals surface area contributed by atoms with Crippen LogP contribution in [0.1, 0.15) is 35.6 Å². The highest BCUT2D eigenvalue weighted by atomic mass is 35.5. The van der Waals surface area contributed by atoms with E-state index in [2.05, 4.69) is 11.4 Å². The van der Waals surface area contributed by atoms with Crippen LogP contribution in [0.2, 0.25) is 10.0 Å². The molecule has 1 unspecified atom stereocenters. The number of amides is 1. The van der Waals surface area contributed by atoms with Gasteiger partial charge in [0.2, 0.25) is 15.9 Å². The second-order valence-corrected chi connectivity index (χ2v) is 10.8. The van der Waals surface area contributed by atoms with E-state index < -0.39 is 10.0 Å². The average Bonchev–Trinajstić information content (AvgIpc) is 2.81. The van der Waals surface area contributed by atoms with Crippen molar-refractivity contribution in [3.05, 3.63) is 99.5 Å². The molecular weight excluding hydrogens is 479 g/mol. The Bertz CT molecular complexity index is 1250. The van der Waals surface area contributed by atoms with E-state index in [0.29, 0.717) is 15.6 Å². The molecule has 33 heavy (non-hydrogen) atoms. The number of halogens is 2. The molecule has 0 heterocycles. The highest BCUT2D eigenvalue weighted by Gasteiger charge is 2.29. The van der Waals surface area contributed by atoms with E-state index in [0.717, 1.165) is 29.1 Å². The third-order valence-electron chi connectivity index (χ3n) is 5.77. The summed E-state index contributed by atoms with van der Waals surface area (Å²) in [5, 5.41) is 3.84. The first-order valence-electron chi connectivity index (χ1n) is 10.7. The first-order chi connectivity index (χ1) is 15.8. The van der Waals surface area contributed by atoms with Crippen molar-refractivity contribution in [2.24, 2.45) is 0 Å². The molecule has 0 radical (unpaired) electrons. The normalized spacial score (nSPS) is 15.8. The molecule has 3 aromatic rings. The summed E-state index contributed by atoms with van der Waals surface area (Å²) in [4.78, 5) is 13.2. The zero-order valence-electron chi connectivity index (χ0n) is 17.9. The quantitative estimate of drug-likeness (QED) is 0.471. The molecule has 0 spiro atoms. The van der Waals surface area contributed by atoms with Crippen molar-refractivity contribution >= 4 is 39.1 Å². The Morgan fingerprint density at radius 1 is 1.00 bits per heavy atom. The van der Waals surface area contributed by atoms with Crippen LogP contribution < -0.4 is 5.32 Å². The fourth-order valence-corrected chi connectivity index (χ4v) is 5.98.